The van der Waals surface area contributed by atoms with Crippen molar-refractivity contribution in [1.29, 1.82) is 0 Å². The molecular formula is C15H22N2O3S. The first-order valence-corrected chi connectivity index (χ1v) is 9.02. The quantitative estimate of drug-likeness (QED) is 0.878. The van der Waals surface area contributed by atoms with E-state index in [2.05, 4.69) is 5.32 Å². The van der Waals surface area contributed by atoms with Crippen molar-refractivity contribution in [2.75, 3.05) is 15.9 Å². The molecule has 1 amide bonds. The SMILES string of the molecule is CC(C)CC(=O)Nc1ccccc1N(C1CC1)S(C)(=O)=O. The molecule has 0 atom stereocenters. The Balaban J connectivity index is 2.29. The number of anilines is 2. The minimum Gasteiger partial charge on any atom is -0.324 e. The Labute approximate surface area is 126 Å². The minimum atomic E-state index is -3.35. The molecule has 0 radical (unpaired) electrons. The van der Waals surface area contributed by atoms with Gasteiger partial charge in [-0.05, 0) is 30.9 Å². The van der Waals surface area contributed by atoms with E-state index in [9.17, 15) is 13.2 Å². The second-order valence-electron chi connectivity index (χ2n) is 5.95. The van der Waals surface area contributed by atoms with E-state index < -0.39 is 10.0 Å². The van der Waals surface area contributed by atoms with Gasteiger partial charge in [0, 0.05) is 12.5 Å². The third-order valence-electron chi connectivity index (χ3n) is 3.25. The molecule has 0 bridgehead atoms. The van der Waals surface area contributed by atoms with Gasteiger partial charge in [0.15, 0.2) is 0 Å². The van der Waals surface area contributed by atoms with Gasteiger partial charge in [-0.1, -0.05) is 26.0 Å². The number of benzene rings is 1. The van der Waals surface area contributed by atoms with E-state index in [4.69, 9.17) is 0 Å². The molecule has 0 unspecified atom stereocenters. The maximum Gasteiger partial charge on any atom is 0.232 e. The Morgan fingerprint density at radius 1 is 1.33 bits per heavy atom. The summed E-state index contributed by atoms with van der Waals surface area (Å²) in [6, 6.07) is 7.08. The maximum atomic E-state index is 12.0. The topological polar surface area (TPSA) is 66.5 Å². The molecule has 0 spiro atoms. The maximum absolute atomic E-state index is 12.0. The van der Waals surface area contributed by atoms with Crippen LogP contribution < -0.4 is 9.62 Å². The zero-order valence-electron chi connectivity index (χ0n) is 12.7. The molecular weight excluding hydrogens is 288 g/mol. The summed E-state index contributed by atoms with van der Waals surface area (Å²) in [4.78, 5) is 12.0. The van der Waals surface area contributed by atoms with E-state index in [1.54, 1.807) is 24.3 Å². The number of rotatable bonds is 6. The summed E-state index contributed by atoms with van der Waals surface area (Å²) >= 11 is 0. The Morgan fingerprint density at radius 3 is 2.48 bits per heavy atom. The summed E-state index contributed by atoms with van der Waals surface area (Å²) in [6.07, 6.45) is 3.34. The number of amides is 1. The summed E-state index contributed by atoms with van der Waals surface area (Å²) in [5.41, 5.74) is 1.11. The summed E-state index contributed by atoms with van der Waals surface area (Å²) in [6.45, 7) is 3.94. The Hall–Kier alpha value is -1.56. The zero-order valence-corrected chi connectivity index (χ0v) is 13.5. The van der Waals surface area contributed by atoms with Gasteiger partial charge in [0.05, 0.1) is 17.6 Å². The van der Waals surface area contributed by atoms with Gasteiger partial charge in [0.25, 0.3) is 0 Å². The van der Waals surface area contributed by atoms with Crippen molar-refractivity contribution in [2.24, 2.45) is 5.92 Å². The van der Waals surface area contributed by atoms with Crippen molar-refractivity contribution in [3.63, 3.8) is 0 Å². The lowest BCUT2D eigenvalue weighted by atomic mass is 10.1. The molecule has 5 nitrogen and oxygen atoms in total. The molecule has 0 aliphatic heterocycles. The van der Waals surface area contributed by atoms with E-state index in [-0.39, 0.29) is 17.9 Å². The molecule has 1 fully saturated rings. The predicted octanol–water partition coefficient (Wildman–Crippen LogP) is 2.60. The van der Waals surface area contributed by atoms with Crippen LogP contribution in [0.2, 0.25) is 0 Å². The average molecular weight is 310 g/mol. The van der Waals surface area contributed by atoms with E-state index in [1.807, 2.05) is 13.8 Å². The van der Waals surface area contributed by atoms with Gasteiger partial charge < -0.3 is 5.32 Å². The van der Waals surface area contributed by atoms with E-state index in [0.29, 0.717) is 17.8 Å². The Bertz CT molecular complexity index is 622. The molecule has 1 aliphatic rings. The van der Waals surface area contributed by atoms with E-state index in [1.165, 1.54) is 10.6 Å². The largest absolute Gasteiger partial charge is 0.324 e. The summed E-state index contributed by atoms with van der Waals surface area (Å²) < 4.78 is 25.5. The van der Waals surface area contributed by atoms with Crippen LogP contribution in [0.25, 0.3) is 0 Å². The number of hydrogen-bond acceptors (Lipinski definition) is 3. The fourth-order valence-corrected chi connectivity index (χ4v) is 3.57. The van der Waals surface area contributed by atoms with Gasteiger partial charge >= 0.3 is 0 Å². The lowest BCUT2D eigenvalue weighted by molar-refractivity contribution is -0.116. The van der Waals surface area contributed by atoms with Crippen molar-refractivity contribution in [3.05, 3.63) is 24.3 Å². The molecule has 1 aliphatic carbocycles. The molecule has 1 saturated carbocycles. The highest BCUT2D eigenvalue weighted by molar-refractivity contribution is 7.92. The Morgan fingerprint density at radius 2 is 1.95 bits per heavy atom. The number of para-hydroxylation sites is 2. The van der Waals surface area contributed by atoms with Crippen molar-refractivity contribution < 1.29 is 13.2 Å². The number of carbonyl (C=O) groups is 1. The van der Waals surface area contributed by atoms with Crippen LogP contribution in [-0.4, -0.2) is 26.6 Å². The molecule has 1 N–H and O–H groups in total. The van der Waals surface area contributed by atoms with Crippen molar-refractivity contribution in [2.45, 2.75) is 39.2 Å². The first-order chi connectivity index (χ1) is 9.79. The van der Waals surface area contributed by atoms with Gasteiger partial charge in [-0.2, -0.15) is 0 Å². The van der Waals surface area contributed by atoms with Crippen LogP contribution >= 0.6 is 0 Å². The van der Waals surface area contributed by atoms with Gasteiger partial charge in [-0.3, -0.25) is 9.10 Å². The summed E-state index contributed by atoms with van der Waals surface area (Å²) in [5.74, 6) is 0.160. The first kappa shape index (κ1) is 15.8. The average Bonchev–Trinajstić information content (AvgIpc) is 3.13. The van der Waals surface area contributed by atoms with Gasteiger partial charge in [0.1, 0.15) is 0 Å². The van der Waals surface area contributed by atoms with Crippen LogP contribution in [0.4, 0.5) is 11.4 Å². The van der Waals surface area contributed by atoms with Crippen LogP contribution in [0.3, 0.4) is 0 Å². The highest BCUT2D eigenvalue weighted by atomic mass is 32.2. The van der Waals surface area contributed by atoms with Gasteiger partial charge in [0.2, 0.25) is 15.9 Å². The normalized spacial score (nSPS) is 15.0. The molecule has 1 aromatic carbocycles. The molecule has 0 heterocycles. The fraction of sp³-hybridized carbons (Fsp3) is 0.533. The smallest absolute Gasteiger partial charge is 0.232 e. The molecule has 116 valence electrons. The number of hydrogen-bond donors (Lipinski definition) is 1. The third kappa shape index (κ3) is 4.20. The third-order valence-corrected chi connectivity index (χ3v) is 4.45. The second kappa shape index (κ2) is 6.05. The second-order valence-corrected chi connectivity index (χ2v) is 7.81. The molecule has 6 heteroatoms. The fourth-order valence-electron chi connectivity index (χ4n) is 2.30. The van der Waals surface area contributed by atoms with Crippen LogP contribution in [0.5, 0.6) is 0 Å². The van der Waals surface area contributed by atoms with Crippen molar-refractivity contribution >= 4 is 27.3 Å². The lowest BCUT2D eigenvalue weighted by Crippen LogP contribution is -2.33. The van der Waals surface area contributed by atoms with Crippen molar-refractivity contribution in [3.8, 4) is 0 Å². The summed E-state index contributed by atoms with van der Waals surface area (Å²) in [7, 11) is -3.35. The molecule has 21 heavy (non-hydrogen) atoms. The monoisotopic (exact) mass is 310 g/mol. The zero-order chi connectivity index (χ0) is 15.6. The first-order valence-electron chi connectivity index (χ1n) is 7.17. The molecule has 0 aromatic heterocycles. The van der Waals surface area contributed by atoms with Crippen LogP contribution in [0.15, 0.2) is 24.3 Å². The number of nitrogens with one attached hydrogen (secondary N) is 1. The van der Waals surface area contributed by atoms with Crippen LogP contribution in [0.1, 0.15) is 33.1 Å². The lowest BCUT2D eigenvalue weighted by Gasteiger charge is -2.25. The van der Waals surface area contributed by atoms with Gasteiger partial charge in [-0.25, -0.2) is 8.42 Å². The Kier molecular flexibility index (Phi) is 4.56. The highest BCUT2D eigenvalue weighted by Crippen LogP contribution is 2.37. The van der Waals surface area contributed by atoms with Crippen molar-refractivity contribution in [1.82, 2.24) is 0 Å². The molecule has 2 rings (SSSR count). The summed E-state index contributed by atoms with van der Waals surface area (Å²) in [5, 5.41) is 2.83. The number of nitrogens with zero attached hydrogens (tertiary/aromatic N) is 1. The van der Waals surface area contributed by atoms with Gasteiger partial charge in [-0.15, -0.1) is 0 Å². The highest BCUT2D eigenvalue weighted by Gasteiger charge is 2.36. The standard InChI is InChI=1S/C15H22N2O3S/c1-11(2)10-15(18)16-13-6-4-5-7-14(13)17(12-8-9-12)21(3,19)20/h4-7,11-12H,8-10H2,1-3H3,(H,16,18). The van der Waals surface area contributed by atoms with E-state index in [0.717, 1.165) is 12.8 Å². The minimum absolute atomic E-state index is 0.0168. The van der Waals surface area contributed by atoms with E-state index >= 15 is 0 Å². The number of sulfonamides is 1. The van der Waals surface area contributed by atoms with Crippen LogP contribution in [0, 0.1) is 5.92 Å². The molecule has 1 aromatic rings. The van der Waals surface area contributed by atoms with Crippen LogP contribution in [-0.2, 0) is 14.8 Å². The predicted molar refractivity (Wildman–Crippen MR) is 84.9 cm³/mol. The number of carbonyl (C=O) groups excluding carboxylic acids is 1. The molecule has 0 saturated heterocycles.